The number of fused-ring (bicyclic) bond motifs is 1. The number of likely N-dealkylation sites (tertiary alicyclic amines) is 2. The van der Waals surface area contributed by atoms with Crippen LogP contribution in [0.5, 0.6) is 0 Å². The van der Waals surface area contributed by atoms with Crippen LogP contribution in [0.25, 0.3) is 0 Å². The highest BCUT2D eigenvalue weighted by atomic mass is 32.1. The van der Waals surface area contributed by atoms with Gasteiger partial charge in [-0.2, -0.15) is 13.2 Å². The molecule has 8 nitrogen and oxygen atoms in total. The third kappa shape index (κ3) is 6.21. The minimum absolute atomic E-state index is 0.0233. The molecule has 3 atom stereocenters. The second-order valence-electron chi connectivity index (χ2n) is 15.1. The first-order valence-corrected chi connectivity index (χ1v) is 17.7. The first-order valence-electron chi connectivity index (χ1n) is 16.9. The van der Waals surface area contributed by atoms with Crippen molar-refractivity contribution in [3.8, 4) is 0 Å². The van der Waals surface area contributed by atoms with Gasteiger partial charge in [-0.15, -0.1) is 21.5 Å². The Morgan fingerprint density at radius 2 is 1.83 bits per heavy atom. The molecule has 48 heavy (non-hydrogen) atoms. The summed E-state index contributed by atoms with van der Waals surface area (Å²) in [5.41, 5.74) is 2.46. The van der Waals surface area contributed by atoms with Gasteiger partial charge in [0.05, 0.1) is 12.1 Å². The number of alkyl halides is 3. The van der Waals surface area contributed by atoms with Crippen LogP contribution in [0.15, 0.2) is 41.9 Å². The largest absolute Gasteiger partial charge is 0.444 e. The summed E-state index contributed by atoms with van der Waals surface area (Å²) < 4.78 is 49.5. The zero-order valence-corrected chi connectivity index (χ0v) is 28.7. The molecule has 4 aliphatic rings. The van der Waals surface area contributed by atoms with Crippen molar-refractivity contribution in [1.82, 2.24) is 20.0 Å². The minimum atomic E-state index is -4.61. The van der Waals surface area contributed by atoms with E-state index >= 15 is 0 Å². The molecule has 3 aromatic rings. The molecule has 2 aromatic carbocycles. The Labute approximate surface area is 283 Å². The SMILES string of the molecule is C[C@H](c1cc2c(c(C(F)(F)F)c1)CN(c1cccc([C@H](c3nncs3)C3CCC3)c1)C2=O)N1CC[C@]2(CCN(C(=O)OC(C)(C)C)C2)C1. The third-order valence-corrected chi connectivity index (χ3v) is 11.5. The number of aromatic nitrogens is 2. The molecule has 3 fully saturated rings. The van der Waals surface area contributed by atoms with Gasteiger partial charge in [0.25, 0.3) is 5.91 Å². The molecule has 1 saturated carbocycles. The Morgan fingerprint density at radius 1 is 1.06 bits per heavy atom. The van der Waals surface area contributed by atoms with E-state index in [1.165, 1.54) is 22.3 Å². The van der Waals surface area contributed by atoms with E-state index < -0.39 is 23.2 Å². The van der Waals surface area contributed by atoms with Crippen LogP contribution >= 0.6 is 11.3 Å². The second kappa shape index (κ2) is 12.1. The van der Waals surface area contributed by atoms with E-state index in [1.807, 2.05) is 45.9 Å². The molecular weight excluding hydrogens is 639 g/mol. The maximum Gasteiger partial charge on any atom is 0.416 e. The number of anilines is 1. The molecule has 4 heterocycles. The molecule has 256 valence electrons. The fourth-order valence-electron chi connectivity index (χ4n) is 7.99. The van der Waals surface area contributed by atoms with Crippen molar-refractivity contribution >= 4 is 29.0 Å². The molecule has 1 spiro atoms. The predicted octanol–water partition coefficient (Wildman–Crippen LogP) is 8.04. The highest BCUT2D eigenvalue weighted by Gasteiger charge is 2.47. The lowest BCUT2D eigenvalue weighted by molar-refractivity contribution is -0.138. The lowest BCUT2D eigenvalue weighted by Crippen LogP contribution is -2.38. The van der Waals surface area contributed by atoms with E-state index in [9.17, 15) is 22.8 Å². The molecule has 2 saturated heterocycles. The Balaban J connectivity index is 1.13. The number of halogens is 3. The first kappa shape index (κ1) is 33.0. The molecule has 7 rings (SSSR count). The van der Waals surface area contributed by atoms with Gasteiger partial charge >= 0.3 is 12.3 Å². The lowest BCUT2D eigenvalue weighted by atomic mass is 9.73. The summed E-state index contributed by atoms with van der Waals surface area (Å²) >= 11 is 1.51. The van der Waals surface area contributed by atoms with Crippen LogP contribution in [-0.2, 0) is 17.5 Å². The van der Waals surface area contributed by atoms with Crippen LogP contribution < -0.4 is 4.90 Å². The van der Waals surface area contributed by atoms with E-state index in [0.29, 0.717) is 43.3 Å². The normalized spacial score (nSPS) is 23.1. The highest BCUT2D eigenvalue weighted by Crippen LogP contribution is 2.47. The van der Waals surface area contributed by atoms with E-state index in [1.54, 1.807) is 22.5 Å². The van der Waals surface area contributed by atoms with Gasteiger partial charge in [-0.3, -0.25) is 9.69 Å². The third-order valence-electron chi connectivity index (χ3n) is 10.8. The van der Waals surface area contributed by atoms with Gasteiger partial charge in [-0.1, -0.05) is 18.6 Å². The van der Waals surface area contributed by atoms with Crippen LogP contribution in [0.2, 0.25) is 0 Å². The van der Waals surface area contributed by atoms with E-state index in [0.717, 1.165) is 42.7 Å². The number of hydrogen-bond acceptors (Lipinski definition) is 7. The van der Waals surface area contributed by atoms with Gasteiger partial charge in [0.15, 0.2) is 0 Å². The fourth-order valence-corrected chi connectivity index (χ4v) is 8.76. The molecule has 0 radical (unpaired) electrons. The molecule has 2 amide bonds. The molecule has 0 bridgehead atoms. The van der Waals surface area contributed by atoms with Crippen molar-refractivity contribution in [2.24, 2.45) is 11.3 Å². The number of ether oxygens (including phenoxy) is 1. The number of amides is 2. The van der Waals surface area contributed by atoms with Gasteiger partial charge in [-0.05, 0) is 107 Å². The van der Waals surface area contributed by atoms with Crippen molar-refractivity contribution < 1.29 is 27.5 Å². The zero-order valence-electron chi connectivity index (χ0n) is 27.8. The van der Waals surface area contributed by atoms with Crippen LogP contribution in [0, 0.1) is 11.3 Å². The summed E-state index contributed by atoms with van der Waals surface area (Å²) in [6.45, 7) is 9.83. The van der Waals surface area contributed by atoms with Gasteiger partial charge < -0.3 is 14.5 Å². The topological polar surface area (TPSA) is 78.9 Å². The molecular formula is C36H42F3N5O3S. The van der Waals surface area contributed by atoms with Gasteiger partial charge in [-0.25, -0.2) is 4.79 Å². The maximum atomic E-state index is 14.7. The van der Waals surface area contributed by atoms with Crippen LogP contribution in [0.1, 0.15) is 109 Å². The predicted molar refractivity (Wildman–Crippen MR) is 177 cm³/mol. The molecule has 12 heteroatoms. The number of rotatable bonds is 6. The lowest BCUT2D eigenvalue weighted by Gasteiger charge is -2.33. The average Bonchev–Trinajstić information content (AvgIpc) is 3.81. The molecule has 0 unspecified atom stereocenters. The van der Waals surface area contributed by atoms with E-state index in [-0.39, 0.29) is 41.1 Å². The quantitative estimate of drug-likeness (QED) is 0.262. The van der Waals surface area contributed by atoms with Gasteiger partial charge in [0.1, 0.15) is 16.1 Å². The van der Waals surface area contributed by atoms with E-state index in [4.69, 9.17) is 4.74 Å². The van der Waals surface area contributed by atoms with Crippen LogP contribution in [0.3, 0.4) is 0 Å². The Kier molecular flexibility index (Phi) is 8.33. The highest BCUT2D eigenvalue weighted by molar-refractivity contribution is 7.09. The number of nitrogens with zero attached hydrogens (tertiary/aromatic N) is 5. The summed E-state index contributed by atoms with van der Waals surface area (Å²) in [5.74, 6) is 0.0544. The number of hydrogen-bond donors (Lipinski definition) is 0. The Bertz CT molecular complexity index is 1700. The summed E-state index contributed by atoms with van der Waals surface area (Å²) in [6, 6.07) is 10.2. The van der Waals surface area contributed by atoms with Crippen molar-refractivity contribution in [1.29, 1.82) is 0 Å². The molecule has 0 N–H and O–H groups in total. The monoisotopic (exact) mass is 681 g/mol. The second-order valence-corrected chi connectivity index (χ2v) is 15.9. The standard InChI is InChI=1S/C36H42F3N5O3S/c1-22(42-13-11-35(19-42)12-14-43(20-35)33(46)47-34(2,3)4)25-16-27-28(29(17-25)36(37,38)39)18-44(32(27)45)26-10-6-9-24(15-26)30(23-7-5-8-23)31-41-40-21-48-31/h6,9-10,15-17,21-23,30H,5,7-8,11-14,18-20H2,1-4H3/t22-,30-,35+/m1/s1. The summed E-state index contributed by atoms with van der Waals surface area (Å²) in [6.07, 6.45) is 0.0416. The van der Waals surface area contributed by atoms with Gasteiger partial charge in [0, 0.05) is 48.3 Å². The minimum Gasteiger partial charge on any atom is -0.444 e. The molecule has 1 aromatic heterocycles. The average molecular weight is 682 g/mol. The summed E-state index contributed by atoms with van der Waals surface area (Å²) in [5, 5.41) is 9.32. The summed E-state index contributed by atoms with van der Waals surface area (Å²) in [7, 11) is 0. The number of carbonyl (C=O) groups excluding carboxylic acids is 2. The van der Waals surface area contributed by atoms with Crippen molar-refractivity contribution in [3.05, 3.63) is 74.7 Å². The molecule has 1 aliphatic carbocycles. The van der Waals surface area contributed by atoms with Crippen molar-refractivity contribution in [2.45, 2.75) is 90.1 Å². The van der Waals surface area contributed by atoms with Gasteiger partial charge in [0.2, 0.25) is 0 Å². The van der Waals surface area contributed by atoms with E-state index in [2.05, 4.69) is 15.1 Å². The Morgan fingerprint density at radius 3 is 2.50 bits per heavy atom. The van der Waals surface area contributed by atoms with Crippen LogP contribution in [-0.4, -0.2) is 63.8 Å². The Hall–Kier alpha value is -3.51. The van der Waals surface area contributed by atoms with Crippen molar-refractivity contribution in [3.63, 3.8) is 0 Å². The molecule has 3 aliphatic heterocycles. The number of carbonyl (C=O) groups is 2. The van der Waals surface area contributed by atoms with Crippen molar-refractivity contribution in [2.75, 3.05) is 31.1 Å². The zero-order chi connectivity index (χ0) is 34.0. The first-order chi connectivity index (χ1) is 22.7. The van der Waals surface area contributed by atoms with Crippen LogP contribution in [0.4, 0.5) is 23.7 Å². The number of benzene rings is 2. The smallest absolute Gasteiger partial charge is 0.416 e. The fraction of sp³-hybridized carbons (Fsp3) is 0.556. The summed E-state index contributed by atoms with van der Waals surface area (Å²) in [4.78, 5) is 32.1. The maximum absolute atomic E-state index is 14.7.